The van der Waals surface area contributed by atoms with Crippen LogP contribution in [-0.4, -0.2) is 65.5 Å². The first-order valence-electron chi connectivity index (χ1n) is 11.1. The zero-order valence-electron chi connectivity index (χ0n) is 19.5. The lowest BCUT2D eigenvalue weighted by Crippen LogP contribution is -2.56. The maximum Gasteiger partial charge on any atom is 0.326 e. The topological polar surface area (TPSA) is 151 Å². The van der Waals surface area contributed by atoms with Crippen molar-refractivity contribution in [3.05, 3.63) is 35.9 Å². The lowest BCUT2D eigenvalue weighted by molar-refractivity contribution is -0.142. The highest BCUT2D eigenvalue weighted by Gasteiger charge is 2.29. The van der Waals surface area contributed by atoms with Gasteiger partial charge in [-0.05, 0) is 55.7 Å². The lowest BCUT2D eigenvalue weighted by Gasteiger charge is -2.25. The quantitative estimate of drug-likeness (QED) is 0.238. The molecule has 0 aromatic heterocycles. The number of benzene rings is 1. The Morgan fingerprint density at radius 3 is 2.24 bits per heavy atom. The molecule has 33 heavy (non-hydrogen) atoms. The summed E-state index contributed by atoms with van der Waals surface area (Å²) in [6, 6.07) is 6.10. The molecule has 3 atom stereocenters. The number of carbonyl (C=O) groups is 4. The molecule has 1 aromatic carbocycles. The summed E-state index contributed by atoms with van der Waals surface area (Å²) in [4.78, 5) is 48.7. The molecule has 184 valence electrons. The molecule has 0 saturated heterocycles. The lowest BCUT2D eigenvalue weighted by atomic mass is 10.0. The smallest absolute Gasteiger partial charge is 0.326 e. The minimum atomic E-state index is -1.15. The van der Waals surface area contributed by atoms with E-state index in [0.29, 0.717) is 31.4 Å². The number of thioether (sulfide) groups is 1. The van der Waals surface area contributed by atoms with E-state index >= 15 is 0 Å². The molecular weight excluding hydrogens is 444 g/mol. The predicted octanol–water partition coefficient (Wildman–Crippen LogP) is 1.38. The molecule has 6 N–H and O–H groups in total. The highest BCUT2D eigenvalue weighted by Crippen LogP contribution is 2.07. The van der Waals surface area contributed by atoms with Crippen LogP contribution in [0.4, 0.5) is 0 Å². The molecule has 3 amide bonds. The molecule has 3 unspecified atom stereocenters. The van der Waals surface area contributed by atoms with Gasteiger partial charge in [-0.1, -0.05) is 32.0 Å². The summed E-state index contributed by atoms with van der Waals surface area (Å²) in [5, 5.41) is 17.5. The first kappa shape index (κ1) is 28.4. The van der Waals surface area contributed by atoms with Gasteiger partial charge in [-0.25, -0.2) is 4.79 Å². The number of carboxylic acids is 1. The van der Waals surface area contributed by atoms with Gasteiger partial charge >= 0.3 is 5.97 Å². The number of unbranched alkanes of at least 4 members (excludes halogenated alkanes) is 1. The van der Waals surface area contributed by atoms with Gasteiger partial charge in [0, 0.05) is 12.1 Å². The summed E-state index contributed by atoms with van der Waals surface area (Å²) < 4.78 is 0. The van der Waals surface area contributed by atoms with Crippen LogP contribution >= 0.6 is 11.8 Å². The number of nitrogens with one attached hydrogen (secondary N) is 3. The summed E-state index contributed by atoms with van der Waals surface area (Å²) in [7, 11) is 0. The van der Waals surface area contributed by atoms with Crippen molar-refractivity contribution in [3.8, 4) is 0 Å². The Kier molecular flexibility index (Phi) is 13.2. The molecule has 9 nitrogen and oxygen atoms in total. The van der Waals surface area contributed by atoms with Crippen LogP contribution in [0, 0.1) is 5.92 Å². The van der Waals surface area contributed by atoms with Crippen LogP contribution in [0.1, 0.15) is 49.9 Å². The van der Waals surface area contributed by atoms with Gasteiger partial charge in [0.25, 0.3) is 5.91 Å². The number of nitrogens with two attached hydrogens (primary N) is 1. The minimum Gasteiger partial charge on any atom is -0.480 e. The van der Waals surface area contributed by atoms with E-state index < -0.39 is 35.9 Å². The molecule has 0 aliphatic heterocycles. The molecule has 1 rings (SSSR count). The molecule has 0 fully saturated rings. The van der Waals surface area contributed by atoms with Crippen LogP contribution in [0.5, 0.6) is 0 Å². The Hall–Kier alpha value is -2.59. The van der Waals surface area contributed by atoms with Gasteiger partial charge in [0.05, 0.1) is 6.04 Å². The summed E-state index contributed by atoms with van der Waals surface area (Å²) in [5.41, 5.74) is 6.43. The summed E-state index contributed by atoms with van der Waals surface area (Å²) in [5.74, 6) is -1.85. The minimum absolute atomic E-state index is 0.190. The average Bonchev–Trinajstić information content (AvgIpc) is 2.79. The van der Waals surface area contributed by atoms with Gasteiger partial charge in [-0.3, -0.25) is 14.4 Å². The van der Waals surface area contributed by atoms with E-state index in [4.69, 9.17) is 5.73 Å². The van der Waals surface area contributed by atoms with Gasteiger partial charge in [0.15, 0.2) is 0 Å². The predicted molar refractivity (Wildman–Crippen MR) is 130 cm³/mol. The molecule has 0 saturated carbocycles. The Bertz CT molecular complexity index is 775. The normalized spacial score (nSPS) is 13.6. The maximum atomic E-state index is 12.7. The van der Waals surface area contributed by atoms with Gasteiger partial charge in [0.2, 0.25) is 11.8 Å². The van der Waals surface area contributed by atoms with Crippen molar-refractivity contribution >= 4 is 35.5 Å². The number of hydrogen-bond donors (Lipinski definition) is 5. The van der Waals surface area contributed by atoms with Gasteiger partial charge in [-0.2, -0.15) is 11.8 Å². The second-order valence-electron chi connectivity index (χ2n) is 8.14. The molecular formula is C23H36N4O5S. The fourth-order valence-corrected chi connectivity index (χ4v) is 3.55. The molecule has 1 aromatic rings. The molecule has 0 heterocycles. The third-order valence-electron chi connectivity index (χ3n) is 5.07. The zero-order valence-corrected chi connectivity index (χ0v) is 20.3. The van der Waals surface area contributed by atoms with Crippen LogP contribution in [0.25, 0.3) is 0 Å². The van der Waals surface area contributed by atoms with Gasteiger partial charge in [-0.15, -0.1) is 0 Å². The second kappa shape index (κ2) is 15.3. The monoisotopic (exact) mass is 480 g/mol. The molecule has 0 spiro atoms. The maximum absolute atomic E-state index is 12.7. The standard InChI is InChI=1S/C23H36N4O5S/c1-15(2)19(27-21(29)17(24)12-14-33-3)22(30)26-18(23(31)32)11-7-8-13-25-20(28)16-9-5-4-6-10-16/h4-6,9-10,15,17-19H,7-8,11-14,24H2,1-3H3,(H,25,28)(H,26,30)(H,27,29)(H,31,32). The third-order valence-corrected chi connectivity index (χ3v) is 5.72. The number of amides is 3. The highest BCUT2D eigenvalue weighted by atomic mass is 32.2. The van der Waals surface area contributed by atoms with Crippen molar-refractivity contribution in [2.45, 2.75) is 57.7 Å². The van der Waals surface area contributed by atoms with E-state index in [0.717, 1.165) is 5.75 Å². The van der Waals surface area contributed by atoms with Gasteiger partial charge < -0.3 is 26.8 Å². The third kappa shape index (κ3) is 10.7. The van der Waals surface area contributed by atoms with E-state index in [-0.39, 0.29) is 18.2 Å². The Morgan fingerprint density at radius 2 is 1.67 bits per heavy atom. The van der Waals surface area contributed by atoms with E-state index in [1.54, 1.807) is 49.9 Å². The average molecular weight is 481 g/mol. The van der Waals surface area contributed by atoms with Crippen LogP contribution in [0.2, 0.25) is 0 Å². The highest BCUT2D eigenvalue weighted by molar-refractivity contribution is 7.98. The van der Waals surface area contributed by atoms with Crippen LogP contribution in [-0.2, 0) is 14.4 Å². The number of aliphatic carboxylic acids is 1. The van der Waals surface area contributed by atoms with E-state index in [1.807, 2.05) is 12.3 Å². The van der Waals surface area contributed by atoms with E-state index in [2.05, 4.69) is 16.0 Å². The van der Waals surface area contributed by atoms with Crippen molar-refractivity contribution in [2.75, 3.05) is 18.6 Å². The van der Waals surface area contributed by atoms with Crippen LogP contribution < -0.4 is 21.7 Å². The summed E-state index contributed by atoms with van der Waals surface area (Å²) in [6.45, 7) is 3.93. The van der Waals surface area contributed by atoms with E-state index in [9.17, 15) is 24.3 Å². The summed E-state index contributed by atoms with van der Waals surface area (Å²) >= 11 is 1.57. The molecule has 0 radical (unpaired) electrons. The Morgan fingerprint density at radius 1 is 1.00 bits per heavy atom. The number of hydrogen-bond acceptors (Lipinski definition) is 6. The fraction of sp³-hybridized carbons (Fsp3) is 0.565. The summed E-state index contributed by atoms with van der Waals surface area (Å²) in [6.07, 6.45) is 3.65. The van der Waals surface area contributed by atoms with Crippen molar-refractivity contribution in [2.24, 2.45) is 11.7 Å². The number of rotatable bonds is 15. The van der Waals surface area contributed by atoms with Crippen molar-refractivity contribution in [1.29, 1.82) is 0 Å². The first-order valence-corrected chi connectivity index (χ1v) is 12.5. The Balaban J connectivity index is 2.52. The SMILES string of the molecule is CSCCC(N)C(=O)NC(C(=O)NC(CCCCNC(=O)c1ccccc1)C(=O)O)C(C)C. The molecule has 10 heteroatoms. The fourth-order valence-electron chi connectivity index (χ4n) is 3.06. The number of carboxylic acid groups (broad SMARTS) is 1. The number of carbonyl (C=O) groups excluding carboxylic acids is 3. The zero-order chi connectivity index (χ0) is 24.8. The van der Waals surface area contributed by atoms with Crippen molar-refractivity contribution < 1.29 is 24.3 Å². The molecule has 0 aliphatic carbocycles. The largest absolute Gasteiger partial charge is 0.480 e. The van der Waals surface area contributed by atoms with Gasteiger partial charge in [0.1, 0.15) is 12.1 Å². The van der Waals surface area contributed by atoms with E-state index in [1.165, 1.54) is 0 Å². The second-order valence-corrected chi connectivity index (χ2v) is 9.12. The molecule has 0 bridgehead atoms. The molecule has 0 aliphatic rings. The van der Waals surface area contributed by atoms with Crippen LogP contribution in [0.3, 0.4) is 0 Å². The first-order chi connectivity index (χ1) is 15.7. The van der Waals surface area contributed by atoms with Crippen LogP contribution in [0.15, 0.2) is 30.3 Å². The van der Waals surface area contributed by atoms with Crippen molar-refractivity contribution in [1.82, 2.24) is 16.0 Å². The Labute approximate surface area is 199 Å². The van der Waals surface area contributed by atoms with Crippen molar-refractivity contribution in [3.63, 3.8) is 0 Å².